The Kier molecular flexibility index (Phi) is 16.0. The Hall–Kier alpha value is -2.14. The van der Waals surface area contributed by atoms with Crippen molar-refractivity contribution in [2.45, 2.75) is 129 Å². The first-order chi connectivity index (χ1) is 18.5. The molecule has 0 unspecified atom stereocenters. The van der Waals surface area contributed by atoms with E-state index in [0.29, 0.717) is 12.2 Å². The van der Waals surface area contributed by atoms with Crippen molar-refractivity contribution in [1.82, 2.24) is 9.88 Å². The second-order valence-electron chi connectivity index (χ2n) is 11.2. The minimum Gasteiger partial charge on any atom is -0.393 e. The number of benzene rings is 1. The summed E-state index contributed by atoms with van der Waals surface area (Å²) in [4.78, 5) is 25.7. The number of para-hydroxylation sites is 1. The van der Waals surface area contributed by atoms with E-state index < -0.39 is 12.0 Å². The number of unbranched alkanes of at least 4 members (excludes halogenated alkanes) is 15. The third kappa shape index (κ3) is 11.7. The number of aromatic nitrogens is 1. The van der Waals surface area contributed by atoms with Crippen molar-refractivity contribution < 1.29 is 14.7 Å². The summed E-state index contributed by atoms with van der Waals surface area (Å²) in [7, 11) is 1.87. The maximum atomic E-state index is 13.0. The van der Waals surface area contributed by atoms with Gasteiger partial charge in [-0.1, -0.05) is 121 Å². The van der Waals surface area contributed by atoms with Gasteiger partial charge in [-0.05, 0) is 25.5 Å². The van der Waals surface area contributed by atoms with Crippen molar-refractivity contribution in [2.75, 3.05) is 6.54 Å². The Morgan fingerprint density at radius 1 is 0.816 bits per heavy atom. The van der Waals surface area contributed by atoms with Crippen LogP contribution in [0.4, 0.5) is 0 Å². The van der Waals surface area contributed by atoms with Crippen LogP contribution in [0.1, 0.15) is 133 Å². The molecule has 38 heavy (non-hydrogen) atoms. The zero-order valence-electron chi connectivity index (χ0n) is 24.5. The van der Waals surface area contributed by atoms with E-state index in [1.165, 1.54) is 89.9 Å². The maximum Gasteiger partial charge on any atom is 0.226 e. The average Bonchev–Trinajstić information content (AvgIpc) is 3.25. The van der Waals surface area contributed by atoms with Crippen molar-refractivity contribution in [1.29, 1.82) is 0 Å². The first kappa shape index (κ1) is 32.1. The Morgan fingerprint density at radius 3 is 1.82 bits per heavy atom. The molecule has 0 saturated carbocycles. The lowest BCUT2D eigenvalue weighted by atomic mass is 9.94. The Balaban J connectivity index is 1.52. The van der Waals surface area contributed by atoms with Crippen LogP contribution in [0.15, 0.2) is 30.3 Å². The number of hydrogen-bond donors (Lipinski definition) is 2. The molecule has 5 nitrogen and oxygen atoms in total. The molecule has 0 spiro atoms. The summed E-state index contributed by atoms with van der Waals surface area (Å²) in [5.41, 5.74) is 1.56. The summed E-state index contributed by atoms with van der Waals surface area (Å²) in [5, 5.41) is 14.2. The first-order valence-corrected chi connectivity index (χ1v) is 15.5. The number of nitrogens with one attached hydrogen (secondary N) is 1. The summed E-state index contributed by atoms with van der Waals surface area (Å²) in [6, 6.07) is 9.71. The van der Waals surface area contributed by atoms with Gasteiger partial charge in [-0.15, -0.1) is 0 Å². The lowest BCUT2D eigenvalue weighted by Crippen LogP contribution is -2.38. The summed E-state index contributed by atoms with van der Waals surface area (Å²) in [5.74, 6) is -1.08. The summed E-state index contributed by atoms with van der Waals surface area (Å²) < 4.78 is 1.87. The molecule has 1 aromatic heterocycles. The number of aliphatic hydroxyl groups is 1. The topological polar surface area (TPSA) is 71.3 Å². The van der Waals surface area contributed by atoms with Gasteiger partial charge in [-0.25, -0.2) is 0 Å². The molecule has 0 fully saturated rings. The quantitative estimate of drug-likeness (QED) is 0.120. The number of carbonyl (C=O) groups excluding carboxylic acids is 2. The van der Waals surface area contributed by atoms with Gasteiger partial charge in [0.25, 0.3) is 0 Å². The number of rotatable bonds is 22. The number of ketones is 1. The largest absolute Gasteiger partial charge is 0.393 e. The van der Waals surface area contributed by atoms with Gasteiger partial charge in [-0.2, -0.15) is 0 Å². The van der Waals surface area contributed by atoms with Crippen molar-refractivity contribution in [3.63, 3.8) is 0 Å². The number of Topliss-reactive ketones (excluding diaryl/α,β-unsaturated/α-hetero) is 1. The third-order valence-electron chi connectivity index (χ3n) is 7.89. The Labute approximate surface area is 231 Å². The standard InChI is InChI=1S/C33H54N2O3/c1-4-5-6-7-8-9-10-11-12-13-14-15-16-17-18-21-24-34-33(38)29(27(2)36)26-32(37)31-25-28-22-19-20-23-30(28)35(31)3/h19-20,22-23,25,27,29,36H,4-18,21,24,26H2,1-3H3,(H,34,38)/t27-,29+/m1/s1. The van der Waals surface area contributed by atoms with Crippen LogP contribution in [0, 0.1) is 5.92 Å². The number of aryl methyl sites for hydroxylation is 1. The molecule has 0 aliphatic rings. The highest BCUT2D eigenvalue weighted by Crippen LogP contribution is 2.22. The monoisotopic (exact) mass is 526 g/mol. The molecule has 0 bridgehead atoms. The molecule has 0 saturated heterocycles. The van der Waals surface area contributed by atoms with Crippen LogP contribution in [0.3, 0.4) is 0 Å². The second-order valence-corrected chi connectivity index (χ2v) is 11.2. The number of fused-ring (bicyclic) bond motifs is 1. The van der Waals surface area contributed by atoms with Crippen molar-refractivity contribution in [3.8, 4) is 0 Å². The SMILES string of the molecule is CCCCCCCCCCCCCCCCCCNC(=O)[C@@H](CC(=O)c1cc2ccccc2n1C)[C@@H](C)O. The van der Waals surface area contributed by atoms with Crippen molar-refractivity contribution in [2.24, 2.45) is 13.0 Å². The van der Waals surface area contributed by atoms with Crippen LogP contribution in [0.25, 0.3) is 10.9 Å². The van der Waals surface area contributed by atoms with Gasteiger partial charge >= 0.3 is 0 Å². The molecule has 2 aromatic rings. The average molecular weight is 527 g/mol. The minimum absolute atomic E-state index is 0.00657. The molecule has 0 radical (unpaired) electrons. The van der Waals surface area contributed by atoms with Crippen LogP contribution in [-0.4, -0.2) is 34.0 Å². The van der Waals surface area contributed by atoms with E-state index in [0.717, 1.165) is 23.7 Å². The fourth-order valence-corrected chi connectivity index (χ4v) is 5.36. The normalized spacial score (nSPS) is 13.1. The van der Waals surface area contributed by atoms with Gasteiger partial charge in [0.15, 0.2) is 5.78 Å². The highest BCUT2D eigenvalue weighted by atomic mass is 16.3. The molecule has 1 aromatic carbocycles. The van der Waals surface area contributed by atoms with E-state index >= 15 is 0 Å². The molecule has 214 valence electrons. The first-order valence-electron chi connectivity index (χ1n) is 15.5. The van der Waals surface area contributed by atoms with Gasteiger partial charge in [0, 0.05) is 30.9 Å². The number of hydrogen-bond acceptors (Lipinski definition) is 3. The lowest BCUT2D eigenvalue weighted by molar-refractivity contribution is -0.128. The van der Waals surface area contributed by atoms with E-state index in [4.69, 9.17) is 0 Å². The molecule has 1 heterocycles. The molecule has 2 rings (SSSR count). The fraction of sp³-hybridized carbons (Fsp3) is 0.697. The van der Waals surface area contributed by atoms with Gasteiger partial charge in [0.1, 0.15) is 0 Å². The predicted octanol–water partition coefficient (Wildman–Crippen LogP) is 8.13. The minimum atomic E-state index is -0.876. The summed E-state index contributed by atoms with van der Waals surface area (Å²) in [6.07, 6.45) is 20.2. The zero-order chi connectivity index (χ0) is 27.6. The summed E-state index contributed by atoms with van der Waals surface area (Å²) in [6.45, 7) is 4.46. The Morgan fingerprint density at radius 2 is 1.32 bits per heavy atom. The molecule has 0 aliphatic carbocycles. The van der Waals surface area contributed by atoms with Crippen LogP contribution in [0.2, 0.25) is 0 Å². The van der Waals surface area contributed by atoms with E-state index in [1.807, 2.05) is 41.9 Å². The predicted molar refractivity (Wildman–Crippen MR) is 160 cm³/mol. The molecular formula is C33H54N2O3. The van der Waals surface area contributed by atoms with Crippen molar-refractivity contribution >= 4 is 22.6 Å². The van der Waals surface area contributed by atoms with Crippen LogP contribution in [0.5, 0.6) is 0 Å². The van der Waals surface area contributed by atoms with E-state index in [2.05, 4.69) is 12.2 Å². The smallest absolute Gasteiger partial charge is 0.226 e. The highest BCUT2D eigenvalue weighted by Gasteiger charge is 2.28. The van der Waals surface area contributed by atoms with Crippen LogP contribution >= 0.6 is 0 Å². The molecule has 0 aliphatic heterocycles. The fourth-order valence-electron chi connectivity index (χ4n) is 5.36. The zero-order valence-corrected chi connectivity index (χ0v) is 24.5. The van der Waals surface area contributed by atoms with Crippen molar-refractivity contribution in [3.05, 3.63) is 36.0 Å². The molecule has 5 heteroatoms. The van der Waals surface area contributed by atoms with E-state index in [1.54, 1.807) is 6.92 Å². The number of nitrogens with zero attached hydrogens (tertiary/aromatic N) is 1. The number of aliphatic hydroxyl groups excluding tert-OH is 1. The lowest BCUT2D eigenvalue weighted by Gasteiger charge is -2.19. The van der Waals surface area contributed by atoms with Gasteiger partial charge < -0.3 is 15.0 Å². The summed E-state index contributed by atoms with van der Waals surface area (Å²) >= 11 is 0. The molecule has 1 amide bonds. The molecule has 2 N–H and O–H groups in total. The van der Waals surface area contributed by atoms with Crippen LogP contribution < -0.4 is 5.32 Å². The highest BCUT2D eigenvalue weighted by molar-refractivity contribution is 6.01. The number of amides is 1. The van der Waals surface area contributed by atoms with Gasteiger partial charge in [0.2, 0.25) is 5.91 Å². The van der Waals surface area contributed by atoms with E-state index in [-0.39, 0.29) is 18.1 Å². The van der Waals surface area contributed by atoms with E-state index in [9.17, 15) is 14.7 Å². The third-order valence-corrected chi connectivity index (χ3v) is 7.89. The van der Waals surface area contributed by atoms with Gasteiger partial charge in [0.05, 0.1) is 17.7 Å². The molecular weight excluding hydrogens is 472 g/mol. The Bertz CT molecular complexity index is 933. The molecule has 2 atom stereocenters. The second kappa shape index (κ2) is 19.0. The van der Waals surface area contributed by atoms with Gasteiger partial charge in [-0.3, -0.25) is 9.59 Å². The maximum absolute atomic E-state index is 13.0. The van der Waals surface area contributed by atoms with Crippen LogP contribution in [-0.2, 0) is 11.8 Å². The number of carbonyl (C=O) groups is 2.